The first-order valence-corrected chi connectivity index (χ1v) is 6.68. The number of ether oxygens (including phenoxy) is 2. The number of hydrogen-bond acceptors (Lipinski definition) is 6. The van der Waals surface area contributed by atoms with Crippen molar-refractivity contribution in [1.29, 1.82) is 0 Å². The van der Waals surface area contributed by atoms with Gasteiger partial charge in [-0.2, -0.15) is 0 Å². The maximum Gasteiger partial charge on any atom is 0.337 e. The van der Waals surface area contributed by atoms with Crippen LogP contribution in [0, 0.1) is 5.41 Å². The van der Waals surface area contributed by atoms with Gasteiger partial charge >= 0.3 is 11.9 Å². The molecule has 1 aromatic rings. The summed E-state index contributed by atoms with van der Waals surface area (Å²) < 4.78 is 9.52. The van der Waals surface area contributed by atoms with Crippen LogP contribution in [-0.2, 0) is 20.7 Å². The van der Waals surface area contributed by atoms with Crippen LogP contribution in [-0.4, -0.2) is 37.8 Å². The molecule has 3 N–H and O–H groups in total. The molecule has 0 amide bonds. The molecule has 1 aromatic carbocycles. The number of rotatable bonds is 4. The van der Waals surface area contributed by atoms with Crippen molar-refractivity contribution in [2.75, 3.05) is 20.8 Å². The van der Waals surface area contributed by atoms with Crippen LogP contribution < -0.4 is 5.73 Å². The van der Waals surface area contributed by atoms with E-state index in [9.17, 15) is 14.7 Å². The van der Waals surface area contributed by atoms with Gasteiger partial charge in [0.2, 0.25) is 0 Å². The minimum Gasteiger partial charge on any atom is -0.468 e. The molecular weight excluding hydrogens is 274 g/mol. The molecular formula is C15H19NO5. The summed E-state index contributed by atoms with van der Waals surface area (Å²) in [5.41, 5.74) is 6.26. The molecule has 6 nitrogen and oxygen atoms in total. The molecule has 0 bridgehead atoms. The van der Waals surface area contributed by atoms with Crippen molar-refractivity contribution in [3.8, 4) is 0 Å². The van der Waals surface area contributed by atoms with E-state index < -0.39 is 23.5 Å². The van der Waals surface area contributed by atoms with Gasteiger partial charge in [0, 0.05) is 0 Å². The maximum atomic E-state index is 12.2. The van der Waals surface area contributed by atoms with Gasteiger partial charge in [-0.25, -0.2) is 4.79 Å². The Morgan fingerprint density at radius 2 is 2.10 bits per heavy atom. The lowest BCUT2D eigenvalue weighted by molar-refractivity contribution is -0.160. The Bertz CT molecular complexity index is 571. The average Bonchev–Trinajstić information content (AvgIpc) is 2.79. The third-order valence-electron chi connectivity index (χ3n) is 4.07. The second-order valence-electron chi connectivity index (χ2n) is 5.17. The predicted octanol–water partition coefficient (Wildman–Crippen LogP) is 0.571. The minimum atomic E-state index is -1.08. The van der Waals surface area contributed by atoms with E-state index in [1.54, 1.807) is 18.2 Å². The highest BCUT2D eigenvalue weighted by atomic mass is 16.5. The highest BCUT2D eigenvalue weighted by molar-refractivity contribution is 5.90. The number of carbonyl (C=O) groups excluding carboxylic acids is 2. The van der Waals surface area contributed by atoms with Gasteiger partial charge in [0.05, 0.1) is 25.9 Å². The second kappa shape index (κ2) is 5.83. The van der Waals surface area contributed by atoms with Crippen molar-refractivity contribution in [1.82, 2.24) is 0 Å². The first-order valence-electron chi connectivity index (χ1n) is 6.68. The van der Waals surface area contributed by atoms with E-state index in [-0.39, 0.29) is 13.0 Å². The molecule has 6 heteroatoms. The van der Waals surface area contributed by atoms with Crippen LogP contribution >= 0.6 is 0 Å². The normalized spacial score (nSPS) is 23.5. The van der Waals surface area contributed by atoms with Crippen LogP contribution in [0.5, 0.6) is 0 Å². The summed E-state index contributed by atoms with van der Waals surface area (Å²) in [5, 5.41) is 10.5. The van der Waals surface area contributed by atoms with Gasteiger partial charge in [0.15, 0.2) is 0 Å². The Balaban J connectivity index is 2.44. The standard InChI is InChI=1S/C15H19NO5/c1-20-13(18)9-3-4-11-10(7-9)8-15(5-6-16,12(11)17)14(19)21-2/h3-4,7,12,17H,5-6,8,16H2,1-2H3. The molecule has 0 fully saturated rings. The molecule has 2 rings (SSSR count). The molecule has 1 aliphatic rings. The van der Waals surface area contributed by atoms with Crippen molar-refractivity contribution >= 4 is 11.9 Å². The largest absolute Gasteiger partial charge is 0.468 e. The molecule has 2 unspecified atom stereocenters. The van der Waals surface area contributed by atoms with Crippen LogP contribution in [0.25, 0.3) is 0 Å². The SMILES string of the molecule is COC(=O)c1ccc2c(c1)CC(CCN)(C(=O)OC)C2O. The lowest BCUT2D eigenvalue weighted by Crippen LogP contribution is -2.38. The Morgan fingerprint density at radius 1 is 1.38 bits per heavy atom. The number of carbonyl (C=O) groups is 2. The average molecular weight is 293 g/mol. The van der Waals surface area contributed by atoms with Crippen molar-refractivity contribution in [3.63, 3.8) is 0 Å². The topological polar surface area (TPSA) is 98.9 Å². The van der Waals surface area contributed by atoms with Crippen molar-refractivity contribution in [2.24, 2.45) is 11.1 Å². The fourth-order valence-electron chi connectivity index (χ4n) is 2.98. The molecule has 0 saturated carbocycles. The summed E-state index contributed by atoms with van der Waals surface area (Å²) in [7, 11) is 2.59. The zero-order chi connectivity index (χ0) is 15.6. The van der Waals surface area contributed by atoms with Gasteiger partial charge in [-0.3, -0.25) is 4.79 Å². The van der Waals surface area contributed by atoms with Gasteiger partial charge < -0.3 is 20.3 Å². The van der Waals surface area contributed by atoms with Crippen LogP contribution in [0.15, 0.2) is 18.2 Å². The van der Waals surface area contributed by atoms with Crippen molar-refractivity contribution < 1.29 is 24.2 Å². The molecule has 0 aromatic heterocycles. The van der Waals surface area contributed by atoms with Crippen LogP contribution in [0.4, 0.5) is 0 Å². The van der Waals surface area contributed by atoms with E-state index in [0.717, 1.165) is 5.56 Å². The molecule has 114 valence electrons. The first-order chi connectivity index (χ1) is 10.00. The van der Waals surface area contributed by atoms with Gasteiger partial charge in [-0.1, -0.05) is 6.07 Å². The highest BCUT2D eigenvalue weighted by Gasteiger charge is 2.51. The highest BCUT2D eigenvalue weighted by Crippen LogP contribution is 2.48. The van der Waals surface area contributed by atoms with E-state index in [0.29, 0.717) is 17.5 Å². The first kappa shape index (κ1) is 15.5. The molecule has 21 heavy (non-hydrogen) atoms. The fraction of sp³-hybridized carbons (Fsp3) is 0.467. The van der Waals surface area contributed by atoms with Crippen LogP contribution in [0.2, 0.25) is 0 Å². The zero-order valence-corrected chi connectivity index (χ0v) is 12.1. The molecule has 0 saturated heterocycles. The van der Waals surface area contributed by atoms with Gasteiger partial charge in [-0.15, -0.1) is 0 Å². The molecule has 0 aliphatic heterocycles. The molecule has 0 spiro atoms. The third kappa shape index (κ3) is 2.41. The van der Waals surface area contributed by atoms with Crippen LogP contribution in [0.3, 0.4) is 0 Å². The summed E-state index contributed by atoms with van der Waals surface area (Å²) in [6.07, 6.45) is -0.392. The van der Waals surface area contributed by atoms with E-state index >= 15 is 0 Å². The fourth-order valence-corrected chi connectivity index (χ4v) is 2.98. The summed E-state index contributed by atoms with van der Waals surface area (Å²) in [6.45, 7) is 0.254. The van der Waals surface area contributed by atoms with Crippen molar-refractivity contribution in [2.45, 2.75) is 18.9 Å². The number of aliphatic hydroxyl groups excluding tert-OH is 1. The lowest BCUT2D eigenvalue weighted by atomic mass is 9.79. The lowest BCUT2D eigenvalue weighted by Gasteiger charge is -2.29. The Labute approximate surface area is 122 Å². The van der Waals surface area contributed by atoms with Gasteiger partial charge in [0.1, 0.15) is 5.41 Å². The van der Waals surface area contributed by atoms with E-state index in [1.165, 1.54) is 14.2 Å². The number of nitrogens with two attached hydrogens (primary N) is 1. The number of methoxy groups -OCH3 is 2. The molecule has 0 radical (unpaired) electrons. The smallest absolute Gasteiger partial charge is 0.337 e. The molecule has 2 atom stereocenters. The third-order valence-corrected chi connectivity index (χ3v) is 4.07. The number of fused-ring (bicyclic) bond motifs is 1. The quantitative estimate of drug-likeness (QED) is 0.787. The molecule has 1 aliphatic carbocycles. The van der Waals surface area contributed by atoms with Gasteiger partial charge in [0.25, 0.3) is 0 Å². The molecule has 0 heterocycles. The van der Waals surface area contributed by atoms with Crippen molar-refractivity contribution in [3.05, 3.63) is 34.9 Å². The maximum absolute atomic E-state index is 12.2. The minimum absolute atomic E-state index is 0.254. The Kier molecular flexibility index (Phi) is 4.29. The predicted molar refractivity (Wildman–Crippen MR) is 74.6 cm³/mol. The summed E-state index contributed by atoms with van der Waals surface area (Å²) >= 11 is 0. The summed E-state index contributed by atoms with van der Waals surface area (Å²) in [4.78, 5) is 23.7. The number of esters is 2. The second-order valence-corrected chi connectivity index (χ2v) is 5.17. The summed E-state index contributed by atoms with van der Waals surface area (Å²) in [5.74, 6) is -0.946. The number of benzene rings is 1. The summed E-state index contributed by atoms with van der Waals surface area (Å²) in [6, 6.07) is 4.86. The zero-order valence-electron chi connectivity index (χ0n) is 12.1. The van der Waals surface area contributed by atoms with Gasteiger partial charge in [-0.05, 0) is 42.6 Å². The monoisotopic (exact) mass is 293 g/mol. The Hall–Kier alpha value is -1.92. The van der Waals surface area contributed by atoms with Crippen LogP contribution in [0.1, 0.15) is 34.0 Å². The number of aliphatic hydroxyl groups is 1. The number of hydrogen-bond donors (Lipinski definition) is 2. The van der Waals surface area contributed by atoms with E-state index in [2.05, 4.69) is 4.74 Å². The Morgan fingerprint density at radius 3 is 2.67 bits per heavy atom. The van der Waals surface area contributed by atoms with E-state index in [1.807, 2.05) is 0 Å². The van der Waals surface area contributed by atoms with E-state index in [4.69, 9.17) is 10.5 Å².